The molecule has 3 aromatic rings. The van der Waals surface area contributed by atoms with Gasteiger partial charge in [0.1, 0.15) is 22.8 Å². The molecule has 3 heterocycles. The molecule has 1 saturated heterocycles. The fourth-order valence-corrected chi connectivity index (χ4v) is 4.05. The van der Waals surface area contributed by atoms with Crippen LogP contribution in [0.2, 0.25) is 0 Å². The van der Waals surface area contributed by atoms with Gasteiger partial charge in [0.2, 0.25) is 5.76 Å². The fraction of sp³-hybridized carbons (Fsp3) is 0.296. The van der Waals surface area contributed by atoms with Crippen LogP contribution in [0.5, 0.6) is 5.75 Å². The quantitative estimate of drug-likeness (QED) is 0.303. The largest absolute Gasteiger partial charge is 0.488 e. The molecule has 1 aromatic carbocycles. The van der Waals surface area contributed by atoms with Crippen LogP contribution in [-0.4, -0.2) is 40.1 Å². The molecule has 1 fully saturated rings. The number of furan rings is 1. The molecule has 0 radical (unpaired) electrons. The maximum absolute atomic E-state index is 13.0. The van der Waals surface area contributed by atoms with E-state index in [1.54, 1.807) is 6.08 Å². The molecule has 9 heteroatoms. The number of carbonyl (C=O) groups is 3. The van der Waals surface area contributed by atoms with Gasteiger partial charge in [-0.05, 0) is 88.7 Å². The predicted molar refractivity (Wildman–Crippen MR) is 133 cm³/mol. The molecule has 1 aliphatic heterocycles. The lowest BCUT2D eigenvalue weighted by Gasteiger charge is -2.21. The highest BCUT2D eigenvalue weighted by Gasteiger charge is 2.34. The number of aromatic nitrogens is 1. The average Bonchev–Trinajstić information content (AvgIpc) is 3.46. The summed E-state index contributed by atoms with van der Waals surface area (Å²) < 4.78 is 18.0. The lowest BCUT2D eigenvalue weighted by atomic mass is 10.2. The van der Waals surface area contributed by atoms with Crippen LogP contribution in [0.15, 0.2) is 52.6 Å². The summed E-state index contributed by atoms with van der Waals surface area (Å²) in [6.45, 7) is 9.82. The van der Waals surface area contributed by atoms with Gasteiger partial charge in [-0.1, -0.05) is 0 Å². The molecule has 3 amide bonds. The highest BCUT2D eigenvalue weighted by atomic mass is 16.5. The summed E-state index contributed by atoms with van der Waals surface area (Å²) in [5.74, 6) is -0.0427. The molecule has 188 valence electrons. The zero-order valence-electron chi connectivity index (χ0n) is 21.2. The van der Waals surface area contributed by atoms with Gasteiger partial charge in [-0.2, -0.15) is 0 Å². The van der Waals surface area contributed by atoms with E-state index < -0.39 is 17.9 Å². The molecule has 0 atom stereocenters. The number of methoxy groups -OCH3 is 1. The number of imide groups is 1. The number of ether oxygens (including phenoxy) is 2. The van der Waals surface area contributed by atoms with E-state index in [2.05, 4.69) is 14.6 Å². The third-order valence-electron chi connectivity index (χ3n) is 5.61. The second-order valence-electron chi connectivity index (χ2n) is 9.51. The first kappa shape index (κ1) is 24.8. The van der Waals surface area contributed by atoms with Gasteiger partial charge in [-0.25, -0.2) is 9.59 Å². The smallest absolute Gasteiger partial charge is 0.373 e. The fourth-order valence-electron chi connectivity index (χ4n) is 4.05. The van der Waals surface area contributed by atoms with E-state index in [9.17, 15) is 14.4 Å². The van der Waals surface area contributed by atoms with Crippen molar-refractivity contribution in [2.75, 3.05) is 7.11 Å². The van der Waals surface area contributed by atoms with Gasteiger partial charge in [0, 0.05) is 17.1 Å². The molecule has 0 aliphatic carbocycles. The van der Waals surface area contributed by atoms with Crippen molar-refractivity contribution in [3.63, 3.8) is 0 Å². The minimum atomic E-state index is -0.634. The molecule has 1 N–H and O–H groups in total. The Balaban J connectivity index is 1.55. The number of nitrogens with zero attached hydrogens (tertiary/aromatic N) is 2. The van der Waals surface area contributed by atoms with Gasteiger partial charge in [0.15, 0.2) is 0 Å². The third-order valence-corrected chi connectivity index (χ3v) is 5.61. The highest BCUT2D eigenvalue weighted by Crippen LogP contribution is 2.27. The van der Waals surface area contributed by atoms with Crippen LogP contribution in [0.4, 0.5) is 4.79 Å². The number of nitrogens with one attached hydrogen (secondary N) is 1. The van der Waals surface area contributed by atoms with Crippen molar-refractivity contribution < 1.29 is 28.3 Å². The maximum Gasteiger partial charge on any atom is 0.373 e. The van der Waals surface area contributed by atoms with Crippen LogP contribution >= 0.6 is 0 Å². The first-order chi connectivity index (χ1) is 17.0. The summed E-state index contributed by atoms with van der Waals surface area (Å²) >= 11 is 0. The van der Waals surface area contributed by atoms with Crippen molar-refractivity contribution in [2.45, 2.75) is 46.8 Å². The molecule has 1 aliphatic rings. The number of amides is 3. The number of rotatable bonds is 6. The molecular formula is C27H29N3O6. The SMILES string of the molecule is COC(=O)c1ccc(CN2C(=O)NC(=Cc3cc(C)n(-c4ccc(OC(C)(C)C)cc4)c3C)C2=O)o1. The Morgan fingerprint density at radius 3 is 2.42 bits per heavy atom. The van der Waals surface area contributed by atoms with E-state index in [4.69, 9.17) is 9.15 Å². The number of aryl methyl sites for hydroxylation is 1. The number of hydrogen-bond donors (Lipinski definition) is 1. The van der Waals surface area contributed by atoms with Crippen molar-refractivity contribution >= 4 is 24.0 Å². The van der Waals surface area contributed by atoms with Crippen LogP contribution < -0.4 is 10.1 Å². The molecule has 0 bridgehead atoms. The Morgan fingerprint density at radius 2 is 1.78 bits per heavy atom. The van der Waals surface area contributed by atoms with E-state index in [0.29, 0.717) is 0 Å². The molecule has 0 spiro atoms. The summed E-state index contributed by atoms with van der Waals surface area (Å²) in [4.78, 5) is 38.1. The number of esters is 1. The van der Waals surface area contributed by atoms with Crippen LogP contribution in [0, 0.1) is 13.8 Å². The van der Waals surface area contributed by atoms with Crippen molar-refractivity contribution in [2.24, 2.45) is 0 Å². The summed E-state index contributed by atoms with van der Waals surface area (Å²) in [7, 11) is 1.24. The van der Waals surface area contributed by atoms with Gasteiger partial charge in [-0.3, -0.25) is 9.69 Å². The first-order valence-corrected chi connectivity index (χ1v) is 11.5. The number of benzene rings is 1. The molecule has 0 saturated carbocycles. The Hall–Kier alpha value is -4.27. The van der Waals surface area contributed by atoms with Gasteiger partial charge in [0.25, 0.3) is 5.91 Å². The highest BCUT2D eigenvalue weighted by molar-refractivity contribution is 6.13. The van der Waals surface area contributed by atoms with Gasteiger partial charge in [0.05, 0.1) is 13.7 Å². The summed E-state index contributed by atoms with van der Waals surface area (Å²) in [6, 6.07) is 12.2. The van der Waals surface area contributed by atoms with E-state index in [1.165, 1.54) is 19.2 Å². The molecule has 4 rings (SSSR count). The zero-order valence-corrected chi connectivity index (χ0v) is 21.2. The number of urea groups is 1. The normalized spacial score (nSPS) is 14.9. The topological polar surface area (TPSA) is 103 Å². The average molecular weight is 492 g/mol. The second kappa shape index (κ2) is 9.41. The second-order valence-corrected chi connectivity index (χ2v) is 9.51. The van der Waals surface area contributed by atoms with Crippen molar-refractivity contribution in [3.8, 4) is 11.4 Å². The first-order valence-electron chi connectivity index (χ1n) is 11.5. The lowest BCUT2D eigenvalue weighted by Crippen LogP contribution is -2.30. The Bertz CT molecular complexity index is 1360. The predicted octanol–water partition coefficient (Wildman–Crippen LogP) is 4.74. The molecular weight excluding hydrogens is 462 g/mol. The van der Waals surface area contributed by atoms with E-state index in [1.807, 2.05) is 65.0 Å². The lowest BCUT2D eigenvalue weighted by molar-refractivity contribution is -0.123. The minimum Gasteiger partial charge on any atom is -0.488 e. The Morgan fingerprint density at radius 1 is 1.08 bits per heavy atom. The summed E-state index contributed by atoms with van der Waals surface area (Å²) in [6.07, 6.45) is 1.66. The molecule has 36 heavy (non-hydrogen) atoms. The van der Waals surface area contributed by atoms with E-state index in [0.717, 1.165) is 33.3 Å². The molecule has 9 nitrogen and oxygen atoms in total. The zero-order chi connectivity index (χ0) is 26.2. The maximum atomic E-state index is 13.0. The summed E-state index contributed by atoms with van der Waals surface area (Å²) in [5.41, 5.74) is 3.53. The monoisotopic (exact) mass is 491 g/mol. The van der Waals surface area contributed by atoms with E-state index >= 15 is 0 Å². The van der Waals surface area contributed by atoms with Crippen LogP contribution in [0.3, 0.4) is 0 Å². The third kappa shape index (κ3) is 5.05. The van der Waals surface area contributed by atoms with Crippen molar-refractivity contribution in [1.29, 1.82) is 0 Å². The van der Waals surface area contributed by atoms with Gasteiger partial charge >= 0.3 is 12.0 Å². The summed E-state index contributed by atoms with van der Waals surface area (Å²) in [5, 5.41) is 2.63. The minimum absolute atomic E-state index is 0.000704. The standard InChI is InChI=1S/C27H29N3O6/c1-16-13-18(17(2)30(16)19-7-9-20(10-8-19)36-27(3,4)5)14-22-24(31)29(26(33)28-22)15-21-11-12-23(35-21)25(32)34-6/h7-14H,15H2,1-6H3,(H,28,33). The van der Waals surface area contributed by atoms with Gasteiger partial charge < -0.3 is 23.8 Å². The van der Waals surface area contributed by atoms with Crippen LogP contribution in [0.1, 0.15) is 54.0 Å². The van der Waals surface area contributed by atoms with Crippen LogP contribution in [-0.2, 0) is 16.1 Å². The van der Waals surface area contributed by atoms with Crippen molar-refractivity contribution in [3.05, 3.63) is 76.6 Å². The number of carbonyl (C=O) groups excluding carboxylic acids is 3. The molecule has 2 aromatic heterocycles. The molecule has 0 unspecified atom stereocenters. The van der Waals surface area contributed by atoms with Gasteiger partial charge in [-0.15, -0.1) is 0 Å². The van der Waals surface area contributed by atoms with Crippen molar-refractivity contribution in [1.82, 2.24) is 14.8 Å². The Kier molecular flexibility index (Phi) is 6.49. The Labute approximate surface area is 209 Å². The van der Waals surface area contributed by atoms with Crippen LogP contribution in [0.25, 0.3) is 11.8 Å². The number of hydrogen-bond acceptors (Lipinski definition) is 6. The van der Waals surface area contributed by atoms with E-state index in [-0.39, 0.29) is 29.4 Å².